The normalized spacial score (nSPS) is 14.1. The first-order chi connectivity index (χ1) is 12.0. The van der Waals surface area contributed by atoms with Crippen molar-refractivity contribution < 1.29 is 14.3 Å². The molecule has 8 nitrogen and oxygen atoms in total. The maximum absolute atomic E-state index is 12.4. The van der Waals surface area contributed by atoms with E-state index < -0.39 is 0 Å². The van der Waals surface area contributed by atoms with Gasteiger partial charge in [-0.25, -0.2) is 4.68 Å². The molecule has 0 bridgehead atoms. The average Bonchev–Trinajstić information content (AvgIpc) is 3.02. The fourth-order valence-corrected chi connectivity index (χ4v) is 2.68. The highest BCUT2D eigenvalue weighted by molar-refractivity contribution is 5.91. The average molecular weight is 343 g/mol. The van der Waals surface area contributed by atoms with Crippen LogP contribution in [0.15, 0.2) is 30.5 Å². The molecule has 0 spiro atoms. The van der Waals surface area contributed by atoms with Gasteiger partial charge in [-0.15, -0.1) is 5.10 Å². The number of aromatic nitrogens is 3. The number of hydrogen-bond donors (Lipinski definition) is 0. The second-order valence-electron chi connectivity index (χ2n) is 6.26. The summed E-state index contributed by atoms with van der Waals surface area (Å²) in [6.07, 6.45) is 1.97. The first-order valence-corrected chi connectivity index (χ1v) is 8.02. The maximum Gasteiger partial charge on any atom is 0.275 e. The summed E-state index contributed by atoms with van der Waals surface area (Å²) < 4.78 is 6.83. The fraction of sp³-hybridized carbons (Fsp3) is 0.412. The summed E-state index contributed by atoms with van der Waals surface area (Å²) in [6, 6.07) is 7.56. The molecule has 0 radical (unpaired) electrons. The number of benzene rings is 1. The molecule has 25 heavy (non-hydrogen) atoms. The molecule has 1 aliphatic heterocycles. The van der Waals surface area contributed by atoms with Crippen LogP contribution in [0.4, 0.5) is 0 Å². The molecule has 0 N–H and O–H groups in total. The van der Waals surface area contributed by atoms with Crippen LogP contribution in [0.3, 0.4) is 0 Å². The summed E-state index contributed by atoms with van der Waals surface area (Å²) >= 11 is 0. The molecule has 1 aromatic heterocycles. The van der Waals surface area contributed by atoms with Crippen molar-refractivity contribution >= 4 is 11.8 Å². The van der Waals surface area contributed by atoms with Gasteiger partial charge in [-0.3, -0.25) is 9.59 Å². The Kier molecular flexibility index (Phi) is 4.69. The summed E-state index contributed by atoms with van der Waals surface area (Å²) in [4.78, 5) is 27.4. The topological polar surface area (TPSA) is 80.6 Å². The Morgan fingerprint density at radius 2 is 2.08 bits per heavy atom. The Balaban J connectivity index is 1.55. The van der Waals surface area contributed by atoms with Gasteiger partial charge in [0.2, 0.25) is 5.91 Å². The van der Waals surface area contributed by atoms with Gasteiger partial charge < -0.3 is 14.5 Å². The van der Waals surface area contributed by atoms with Crippen LogP contribution in [0.25, 0.3) is 0 Å². The van der Waals surface area contributed by atoms with E-state index in [0.29, 0.717) is 25.2 Å². The van der Waals surface area contributed by atoms with E-state index in [1.165, 1.54) is 4.90 Å². The summed E-state index contributed by atoms with van der Waals surface area (Å²) in [5.74, 6) is 0.623. The van der Waals surface area contributed by atoms with E-state index in [1.807, 2.05) is 24.3 Å². The van der Waals surface area contributed by atoms with Crippen molar-refractivity contribution in [1.29, 1.82) is 0 Å². The van der Waals surface area contributed by atoms with Crippen LogP contribution in [0.5, 0.6) is 5.75 Å². The quantitative estimate of drug-likeness (QED) is 0.795. The van der Waals surface area contributed by atoms with Crippen molar-refractivity contribution in [3.05, 3.63) is 41.7 Å². The fourth-order valence-electron chi connectivity index (χ4n) is 2.68. The largest absolute Gasteiger partial charge is 0.497 e. The Morgan fingerprint density at radius 3 is 2.76 bits per heavy atom. The lowest BCUT2D eigenvalue weighted by molar-refractivity contribution is -0.136. The van der Waals surface area contributed by atoms with Gasteiger partial charge in [0, 0.05) is 27.2 Å². The summed E-state index contributed by atoms with van der Waals surface area (Å²) in [7, 11) is 4.95. The molecular weight excluding hydrogens is 322 g/mol. The Labute approximate surface area is 146 Å². The molecule has 2 heterocycles. The van der Waals surface area contributed by atoms with E-state index in [0.717, 1.165) is 11.3 Å². The molecule has 0 atom stereocenters. The second kappa shape index (κ2) is 6.92. The molecule has 0 aliphatic carbocycles. The van der Waals surface area contributed by atoms with E-state index in [1.54, 1.807) is 37.0 Å². The lowest BCUT2D eigenvalue weighted by atomic mass is 10.1. The lowest BCUT2D eigenvalue weighted by Gasteiger charge is -2.39. The number of likely N-dealkylation sites (tertiary alicyclic amines) is 1. The predicted molar refractivity (Wildman–Crippen MR) is 90.4 cm³/mol. The van der Waals surface area contributed by atoms with E-state index in [4.69, 9.17) is 4.74 Å². The first kappa shape index (κ1) is 16.9. The third kappa shape index (κ3) is 3.62. The predicted octanol–water partition coefficient (Wildman–Crippen LogP) is 0.615. The zero-order valence-electron chi connectivity index (χ0n) is 14.5. The number of carbonyl (C=O) groups excluding carboxylic acids is 2. The van der Waals surface area contributed by atoms with Gasteiger partial charge in [-0.2, -0.15) is 0 Å². The van der Waals surface area contributed by atoms with Crippen LogP contribution < -0.4 is 4.74 Å². The summed E-state index contributed by atoms with van der Waals surface area (Å²) in [5.41, 5.74) is 1.23. The SMILES string of the molecule is COc1cccc(CC(=O)N2CC(n3cc(C(=O)N(C)C)nn3)C2)c1. The molecule has 0 saturated carbocycles. The van der Waals surface area contributed by atoms with Gasteiger partial charge in [0.25, 0.3) is 5.91 Å². The molecule has 132 valence electrons. The Bertz CT molecular complexity index is 780. The third-order valence-electron chi connectivity index (χ3n) is 4.21. The highest BCUT2D eigenvalue weighted by atomic mass is 16.5. The molecular formula is C17H21N5O3. The summed E-state index contributed by atoms with van der Waals surface area (Å²) in [6.45, 7) is 1.14. The minimum atomic E-state index is -0.184. The smallest absolute Gasteiger partial charge is 0.275 e. The van der Waals surface area contributed by atoms with Crippen LogP contribution in [0.1, 0.15) is 22.1 Å². The van der Waals surface area contributed by atoms with Crippen LogP contribution >= 0.6 is 0 Å². The van der Waals surface area contributed by atoms with E-state index in [2.05, 4.69) is 10.3 Å². The molecule has 8 heteroatoms. The molecule has 2 amide bonds. The van der Waals surface area contributed by atoms with Crippen molar-refractivity contribution in [2.75, 3.05) is 34.3 Å². The standard InChI is InChI=1S/C17H21N5O3/c1-20(2)17(24)15-11-22(19-18-15)13-9-21(10-13)16(23)8-12-5-4-6-14(7-12)25-3/h4-7,11,13H,8-10H2,1-3H3. The molecule has 3 rings (SSSR count). The molecule has 2 aromatic rings. The molecule has 1 aliphatic rings. The molecule has 0 unspecified atom stereocenters. The highest BCUT2D eigenvalue weighted by Gasteiger charge is 2.33. The van der Waals surface area contributed by atoms with Gasteiger partial charge in [-0.1, -0.05) is 17.3 Å². The number of carbonyl (C=O) groups is 2. The van der Waals surface area contributed by atoms with Gasteiger partial charge >= 0.3 is 0 Å². The monoisotopic (exact) mass is 343 g/mol. The molecule has 1 saturated heterocycles. The van der Waals surface area contributed by atoms with E-state index >= 15 is 0 Å². The van der Waals surface area contributed by atoms with Crippen molar-refractivity contribution in [3.8, 4) is 5.75 Å². The minimum absolute atomic E-state index is 0.0606. The first-order valence-electron chi connectivity index (χ1n) is 8.02. The highest BCUT2D eigenvalue weighted by Crippen LogP contribution is 2.22. The van der Waals surface area contributed by atoms with E-state index in [-0.39, 0.29) is 17.9 Å². The molecule has 1 aromatic carbocycles. The number of nitrogens with zero attached hydrogens (tertiary/aromatic N) is 5. The number of rotatable bonds is 5. The maximum atomic E-state index is 12.4. The number of ether oxygens (including phenoxy) is 1. The lowest BCUT2D eigenvalue weighted by Crippen LogP contribution is -2.51. The third-order valence-corrected chi connectivity index (χ3v) is 4.21. The minimum Gasteiger partial charge on any atom is -0.497 e. The Morgan fingerprint density at radius 1 is 1.32 bits per heavy atom. The van der Waals surface area contributed by atoms with Crippen LogP contribution in [0.2, 0.25) is 0 Å². The summed E-state index contributed by atoms with van der Waals surface area (Å²) in [5, 5.41) is 7.91. The second-order valence-corrected chi connectivity index (χ2v) is 6.26. The Hall–Kier alpha value is -2.90. The van der Waals surface area contributed by atoms with Crippen molar-refractivity contribution in [2.45, 2.75) is 12.5 Å². The van der Waals surface area contributed by atoms with E-state index in [9.17, 15) is 9.59 Å². The van der Waals surface area contributed by atoms with Crippen LogP contribution in [-0.2, 0) is 11.2 Å². The van der Waals surface area contributed by atoms with Crippen LogP contribution in [0, 0.1) is 0 Å². The van der Waals surface area contributed by atoms with Gasteiger partial charge in [0.05, 0.1) is 25.8 Å². The van der Waals surface area contributed by atoms with Gasteiger partial charge in [-0.05, 0) is 17.7 Å². The number of amides is 2. The van der Waals surface area contributed by atoms with Crippen molar-refractivity contribution in [3.63, 3.8) is 0 Å². The zero-order chi connectivity index (χ0) is 18.0. The van der Waals surface area contributed by atoms with Crippen molar-refractivity contribution in [1.82, 2.24) is 24.8 Å². The number of methoxy groups -OCH3 is 1. The van der Waals surface area contributed by atoms with Crippen LogP contribution in [-0.4, -0.2) is 70.9 Å². The molecule has 1 fully saturated rings. The van der Waals surface area contributed by atoms with Crippen molar-refractivity contribution in [2.24, 2.45) is 0 Å². The van der Waals surface area contributed by atoms with Gasteiger partial charge in [0.15, 0.2) is 5.69 Å². The van der Waals surface area contributed by atoms with Gasteiger partial charge in [0.1, 0.15) is 5.75 Å². The zero-order valence-corrected chi connectivity index (χ0v) is 14.5. The number of hydrogen-bond acceptors (Lipinski definition) is 5.